The molecule has 0 aromatic heterocycles. The number of nitrogens with zero attached hydrogens (tertiary/aromatic N) is 2. The lowest BCUT2D eigenvalue weighted by atomic mass is 9.84. The summed E-state index contributed by atoms with van der Waals surface area (Å²) in [6.07, 6.45) is 0.372. The van der Waals surface area contributed by atoms with E-state index >= 15 is 0 Å². The largest absolute Gasteiger partial charge is 0.493 e. The van der Waals surface area contributed by atoms with Crippen molar-refractivity contribution in [3.8, 4) is 34.1 Å². The van der Waals surface area contributed by atoms with Crippen molar-refractivity contribution in [3.05, 3.63) is 106 Å². The molecule has 0 spiro atoms. The molecule has 2 amide bonds. The first-order valence-electron chi connectivity index (χ1n) is 15.9. The molecule has 0 aliphatic carbocycles. The van der Waals surface area contributed by atoms with Crippen molar-refractivity contribution >= 4 is 12.2 Å². The molecule has 48 heavy (non-hydrogen) atoms. The van der Waals surface area contributed by atoms with Crippen LogP contribution in [0.2, 0.25) is 0 Å². The van der Waals surface area contributed by atoms with E-state index in [1.54, 1.807) is 38.2 Å². The van der Waals surface area contributed by atoms with Gasteiger partial charge in [-0.15, -0.1) is 0 Å². The van der Waals surface area contributed by atoms with Crippen LogP contribution in [0.5, 0.6) is 23.0 Å². The second kappa shape index (κ2) is 14.6. The third-order valence-corrected chi connectivity index (χ3v) is 8.95. The topological polar surface area (TPSA) is 96.0 Å². The van der Waals surface area contributed by atoms with Crippen molar-refractivity contribution in [2.24, 2.45) is 0 Å². The van der Waals surface area contributed by atoms with Crippen LogP contribution in [0.25, 0.3) is 11.1 Å². The van der Waals surface area contributed by atoms with Crippen LogP contribution in [0.15, 0.2) is 72.8 Å². The zero-order chi connectivity index (χ0) is 33.6. The standard InChI is InChI=1S/C38H40N2O8/c1-43-33-19-29(27-15-17-39(21-31(27)35(33)45-3)37(41)47-23-25-11-7-5-8-12-25)30-20-34(44-2)36(46-4)32-22-40(18-16-28(30)32)38(42)48-24-26-13-9-6-10-14-26/h5-14,19-20H,15-18,21-24H2,1-4H3. The summed E-state index contributed by atoms with van der Waals surface area (Å²) in [6, 6.07) is 23.2. The van der Waals surface area contributed by atoms with Gasteiger partial charge in [0.1, 0.15) is 13.2 Å². The van der Waals surface area contributed by atoms with Gasteiger partial charge in [-0.3, -0.25) is 0 Å². The second-order valence-electron chi connectivity index (χ2n) is 11.7. The Morgan fingerprint density at radius 2 is 0.958 bits per heavy atom. The molecule has 0 atom stereocenters. The van der Waals surface area contributed by atoms with Crippen molar-refractivity contribution in [1.82, 2.24) is 9.80 Å². The molecule has 0 fully saturated rings. The first-order chi connectivity index (χ1) is 23.4. The highest BCUT2D eigenvalue weighted by Gasteiger charge is 2.33. The lowest BCUT2D eigenvalue weighted by Gasteiger charge is -2.34. The number of hydrogen-bond acceptors (Lipinski definition) is 8. The predicted octanol–water partition coefficient (Wildman–Crippen LogP) is 6.78. The van der Waals surface area contributed by atoms with Gasteiger partial charge in [0.25, 0.3) is 0 Å². The zero-order valence-electron chi connectivity index (χ0n) is 27.7. The smallest absolute Gasteiger partial charge is 0.410 e. The predicted molar refractivity (Wildman–Crippen MR) is 180 cm³/mol. The van der Waals surface area contributed by atoms with Gasteiger partial charge in [0, 0.05) is 24.2 Å². The van der Waals surface area contributed by atoms with Gasteiger partial charge >= 0.3 is 12.2 Å². The van der Waals surface area contributed by atoms with E-state index in [1.165, 1.54) is 0 Å². The molecule has 6 rings (SSSR count). The fourth-order valence-electron chi connectivity index (χ4n) is 6.57. The van der Waals surface area contributed by atoms with Crippen molar-refractivity contribution < 1.29 is 38.0 Å². The fraction of sp³-hybridized carbons (Fsp3) is 0.316. The molecule has 0 bridgehead atoms. The molecular weight excluding hydrogens is 612 g/mol. The molecule has 4 aromatic carbocycles. The van der Waals surface area contributed by atoms with Crippen LogP contribution in [0.1, 0.15) is 33.4 Å². The number of rotatable bonds is 9. The third kappa shape index (κ3) is 6.56. The maximum atomic E-state index is 13.2. The molecular formula is C38H40N2O8. The van der Waals surface area contributed by atoms with Crippen LogP contribution in [0, 0.1) is 0 Å². The van der Waals surface area contributed by atoms with E-state index in [4.69, 9.17) is 28.4 Å². The van der Waals surface area contributed by atoms with E-state index in [1.807, 2.05) is 72.8 Å². The molecule has 250 valence electrons. The highest BCUT2D eigenvalue weighted by molar-refractivity contribution is 5.81. The number of carbonyl (C=O) groups excluding carboxylic acids is 2. The van der Waals surface area contributed by atoms with Gasteiger partial charge in [0.2, 0.25) is 0 Å². The molecule has 2 heterocycles. The van der Waals surface area contributed by atoms with Crippen LogP contribution < -0.4 is 18.9 Å². The molecule has 0 saturated heterocycles. The summed E-state index contributed by atoms with van der Waals surface area (Å²) in [4.78, 5) is 29.8. The molecule has 10 heteroatoms. The summed E-state index contributed by atoms with van der Waals surface area (Å²) >= 11 is 0. The molecule has 4 aromatic rings. The second-order valence-corrected chi connectivity index (χ2v) is 11.7. The van der Waals surface area contributed by atoms with Gasteiger partial charge in [0.05, 0.1) is 41.5 Å². The molecule has 2 aliphatic heterocycles. The summed E-state index contributed by atoms with van der Waals surface area (Å²) in [5.41, 5.74) is 7.59. The average Bonchev–Trinajstić information content (AvgIpc) is 3.14. The number of fused-ring (bicyclic) bond motifs is 2. The van der Waals surface area contributed by atoms with E-state index in [9.17, 15) is 9.59 Å². The fourth-order valence-corrected chi connectivity index (χ4v) is 6.57. The van der Waals surface area contributed by atoms with E-state index in [0.29, 0.717) is 62.0 Å². The maximum Gasteiger partial charge on any atom is 0.410 e. The van der Waals surface area contributed by atoms with Crippen LogP contribution in [0.4, 0.5) is 9.59 Å². The highest BCUT2D eigenvalue weighted by atomic mass is 16.6. The highest BCUT2D eigenvalue weighted by Crippen LogP contribution is 2.48. The summed E-state index contributed by atoms with van der Waals surface area (Å²) in [7, 11) is 6.42. The minimum Gasteiger partial charge on any atom is -0.493 e. The van der Waals surface area contributed by atoms with Crippen molar-refractivity contribution in [1.29, 1.82) is 0 Å². The average molecular weight is 653 g/mol. The summed E-state index contributed by atoms with van der Waals surface area (Å²) in [6.45, 7) is 1.93. The number of carbonyl (C=O) groups is 2. The number of ether oxygens (including phenoxy) is 6. The van der Waals surface area contributed by atoms with Gasteiger partial charge < -0.3 is 38.2 Å². The Morgan fingerprint density at radius 1 is 0.562 bits per heavy atom. The summed E-state index contributed by atoms with van der Waals surface area (Å²) in [5, 5.41) is 0. The number of hydrogen-bond donors (Lipinski definition) is 0. The SMILES string of the molecule is COc1cc(-c2cc(OC)c(OC)c3c2CCN(C(=O)OCc2ccccc2)C3)c2c(c1OC)CN(C(=O)OCc1ccccc1)CC2. The van der Waals surface area contributed by atoms with Gasteiger partial charge in [-0.05, 0) is 58.4 Å². The Kier molecular flexibility index (Phi) is 9.89. The summed E-state index contributed by atoms with van der Waals surface area (Å²) < 4.78 is 34.8. The lowest BCUT2D eigenvalue weighted by molar-refractivity contribution is 0.0907. The lowest BCUT2D eigenvalue weighted by Crippen LogP contribution is -2.37. The van der Waals surface area contributed by atoms with Gasteiger partial charge in [0.15, 0.2) is 23.0 Å². The van der Waals surface area contributed by atoms with Crippen LogP contribution in [-0.2, 0) is 48.6 Å². The van der Waals surface area contributed by atoms with Crippen LogP contribution in [-0.4, -0.2) is 63.5 Å². The van der Waals surface area contributed by atoms with Gasteiger partial charge in [-0.2, -0.15) is 0 Å². The first kappa shape index (κ1) is 32.6. The van der Waals surface area contributed by atoms with Gasteiger partial charge in [-0.1, -0.05) is 60.7 Å². The van der Waals surface area contributed by atoms with Gasteiger partial charge in [-0.25, -0.2) is 9.59 Å². The van der Waals surface area contributed by atoms with E-state index in [-0.39, 0.29) is 13.2 Å². The molecule has 0 N–H and O–H groups in total. The minimum atomic E-state index is -0.390. The quantitative estimate of drug-likeness (QED) is 0.195. The zero-order valence-corrected chi connectivity index (χ0v) is 27.7. The van der Waals surface area contributed by atoms with Crippen LogP contribution in [0.3, 0.4) is 0 Å². The first-order valence-corrected chi connectivity index (χ1v) is 15.9. The number of methoxy groups -OCH3 is 4. The Bertz CT molecular complexity index is 1650. The monoisotopic (exact) mass is 652 g/mol. The van der Waals surface area contributed by atoms with Crippen LogP contribution >= 0.6 is 0 Å². The molecule has 0 radical (unpaired) electrons. The minimum absolute atomic E-state index is 0.193. The third-order valence-electron chi connectivity index (χ3n) is 8.95. The van der Waals surface area contributed by atoms with Crippen molar-refractivity contribution in [2.45, 2.75) is 39.1 Å². The molecule has 2 aliphatic rings. The van der Waals surface area contributed by atoms with E-state index in [0.717, 1.165) is 44.5 Å². The van der Waals surface area contributed by atoms with E-state index in [2.05, 4.69) is 0 Å². The van der Waals surface area contributed by atoms with E-state index < -0.39 is 12.2 Å². The summed E-state index contributed by atoms with van der Waals surface area (Å²) in [5.74, 6) is 2.27. The number of benzene rings is 4. The number of amides is 2. The molecule has 0 saturated carbocycles. The molecule has 10 nitrogen and oxygen atoms in total. The maximum absolute atomic E-state index is 13.2. The Labute approximate surface area is 280 Å². The Morgan fingerprint density at radius 3 is 1.31 bits per heavy atom. The normalized spacial score (nSPS) is 13.6. The Hall–Kier alpha value is -5.38. The molecule has 0 unspecified atom stereocenters. The Balaban J connectivity index is 1.33. The van der Waals surface area contributed by atoms with Crippen molar-refractivity contribution in [3.63, 3.8) is 0 Å². The van der Waals surface area contributed by atoms with Crippen molar-refractivity contribution in [2.75, 3.05) is 41.5 Å².